The Morgan fingerprint density at radius 2 is 2.31 bits per heavy atom. The smallest absolute Gasteiger partial charge is 0.296 e. The van der Waals surface area contributed by atoms with Crippen molar-refractivity contribution in [2.45, 2.75) is 13.0 Å². The number of amides is 1. The second-order valence-corrected chi connectivity index (χ2v) is 3.48. The number of para-hydroxylation sites is 2. The van der Waals surface area contributed by atoms with Crippen molar-refractivity contribution < 1.29 is 4.79 Å². The number of imidazole rings is 1. The molecule has 0 spiro atoms. The topological polar surface area (TPSA) is 57.8 Å². The number of H-pyrrole nitrogens is 1. The fourth-order valence-corrected chi connectivity index (χ4v) is 1.48. The molecule has 0 aliphatic rings. The Balaban J connectivity index is 2.27. The highest BCUT2D eigenvalue weighted by atomic mass is 16.1. The lowest BCUT2D eigenvalue weighted by molar-refractivity contribution is -0.116. The lowest BCUT2D eigenvalue weighted by Gasteiger charge is -2.07. The molecule has 1 atom stereocenters. The molecule has 4 nitrogen and oxygen atoms in total. The number of hydrogen-bond acceptors (Lipinski definition) is 2. The van der Waals surface area contributed by atoms with Crippen LogP contribution < -0.4 is 5.32 Å². The van der Waals surface area contributed by atoms with Gasteiger partial charge in [-0.15, -0.1) is 6.42 Å². The quantitative estimate of drug-likeness (QED) is 0.740. The van der Waals surface area contributed by atoms with Crippen molar-refractivity contribution in [2.75, 3.05) is 0 Å². The third kappa shape index (κ3) is 1.89. The summed E-state index contributed by atoms with van der Waals surface area (Å²) in [6, 6.07) is 7.45. The summed E-state index contributed by atoms with van der Waals surface area (Å²) in [5, 5.41) is 2.64. The number of aromatic amines is 1. The minimum atomic E-state index is -0.437. The molecule has 0 radical (unpaired) electrons. The standard InChI is InChI=1S/C12H11N3O/c1-3-11(16)13-8(2)12-14-9-6-4-5-7-10(9)15-12/h1,4-8H,2H3,(H,13,16)(H,14,15). The molecule has 0 aliphatic heterocycles. The fourth-order valence-electron chi connectivity index (χ4n) is 1.48. The number of fused-ring (bicyclic) bond motifs is 1. The van der Waals surface area contributed by atoms with Crippen LogP contribution in [0, 0.1) is 12.3 Å². The molecule has 0 fully saturated rings. The van der Waals surface area contributed by atoms with E-state index in [1.165, 1.54) is 0 Å². The number of nitrogens with zero attached hydrogens (tertiary/aromatic N) is 1. The Kier molecular flexibility index (Phi) is 2.61. The summed E-state index contributed by atoms with van der Waals surface area (Å²) in [6.07, 6.45) is 4.98. The van der Waals surface area contributed by atoms with Gasteiger partial charge in [-0.1, -0.05) is 12.1 Å². The predicted octanol–water partition coefficient (Wildman–Crippen LogP) is 1.37. The third-order valence-corrected chi connectivity index (χ3v) is 2.30. The molecule has 1 unspecified atom stereocenters. The Morgan fingerprint density at radius 1 is 1.56 bits per heavy atom. The Labute approximate surface area is 93.1 Å². The molecule has 0 bridgehead atoms. The number of rotatable bonds is 2. The SMILES string of the molecule is C#CC(=O)NC(C)c1nc2ccccc2[nH]1. The van der Waals surface area contributed by atoms with E-state index in [1.807, 2.05) is 37.1 Å². The second-order valence-electron chi connectivity index (χ2n) is 3.48. The van der Waals surface area contributed by atoms with Crippen LogP contribution >= 0.6 is 0 Å². The van der Waals surface area contributed by atoms with Crippen molar-refractivity contribution in [1.29, 1.82) is 0 Å². The van der Waals surface area contributed by atoms with Gasteiger partial charge in [0, 0.05) is 0 Å². The van der Waals surface area contributed by atoms with Crippen LogP contribution in [-0.2, 0) is 4.79 Å². The highest BCUT2D eigenvalue weighted by Crippen LogP contribution is 2.15. The summed E-state index contributed by atoms with van der Waals surface area (Å²) in [5.74, 6) is 2.27. The van der Waals surface area contributed by atoms with Gasteiger partial charge in [0.05, 0.1) is 17.1 Å². The van der Waals surface area contributed by atoms with Gasteiger partial charge in [0.1, 0.15) is 5.82 Å². The number of nitrogens with one attached hydrogen (secondary N) is 2. The van der Waals surface area contributed by atoms with Gasteiger partial charge in [-0.3, -0.25) is 4.79 Å². The highest BCUT2D eigenvalue weighted by molar-refractivity contribution is 5.93. The molecule has 2 rings (SSSR count). The summed E-state index contributed by atoms with van der Waals surface area (Å²) < 4.78 is 0. The van der Waals surface area contributed by atoms with E-state index in [0.717, 1.165) is 11.0 Å². The molecular formula is C12H11N3O. The summed E-state index contributed by atoms with van der Waals surface area (Å²) in [6.45, 7) is 1.83. The van der Waals surface area contributed by atoms with E-state index in [4.69, 9.17) is 6.42 Å². The van der Waals surface area contributed by atoms with Crippen LogP contribution in [0.3, 0.4) is 0 Å². The molecule has 80 valence electrons. The summed E-state index contributed by atoms with van der Waals surface area (Å²) in [4.78, 5) is 18.5. The lowest BCUT2D eigenvalue weighted by Crippen LogP contribution is -2.25. The minimum Gasteiger partial charge on any atom is -0.340 e. The molecule has 1 aromatic carbocycles. The molecule has 0 aliphatic carbocycles. The van der Waals surface area contributed by atoms with Crippen LogP contribution in [0.4, 0.5) is 0 Å². The van der Waals surface area contributed by atoms with Crippen molar-refractivity contribution in [3.8, 4) is 12.3 Å². The van der Waals surface area contributed by atoms with E-state index in [9.17, 15) is 4.79 Å². The van der Waals surface area contributed by atoms with Crippen LogP contribution in [0.15, 0.2) is 24.3 Å². The summed E-state index contributed by atoms with van der Waals surface area (Å²) >= 11 is 0. The second kappa shape index (κ2) is 4.07. The van der Waals surface area contributed by atoms with E-state index in [2.05, 4.69) is 15.3 Å². The average Bonchev–Trinajstić information content (AvgIpc) is 2.72. The number of carbonyl (C=O) groups is 1. The van der Waals surface area contributed by atoms with Crippen molar-refractivity contribution in [2.24, 2.45) is 0 Å². The maximum atomic E-state index is 11.0. The number of carbonyl (C=O) groups excluding carboxylic acids is 1. The molecule has 0 saturated carbocycles. The third-order valence-electron chi connectivity index (χ3n) is 2.30. The van der Waals surface area contributed by atoms with Crippen LogP contribution in [0.1, 0.15) is 18.8 Å². The van der Waals surface area contributed by atoms with Crippen molar-refractivity contribution in [1.82, 2.24) is 15.3 Å². The molecule has 2 aromatic rings. The zero-order chi connectivity index (χ0) is 11.5. The summed E-state index contributed by atoms with van der Waals surface area (Å²) in [7, 11) is 0. The zero-order valence-corrected chi connectivity index (χ0v) is 8.82. The normalized spacial score (nSPS) is 12.0. The monoisotopic (exact) mass is 213 g/mol. The molecule has 1 heterocycles. The Hall–Kier alpha value is -2.28. The first-order valence-corrected chi connectivity index (χ1v) is 4.92. The molecule has 16 heavy (non-hydrogen) atoms. The van der Waals surface area contributed by atoms with Gasteiger partial charge in [0.25, 0.3) is 5.91 Å². The number of hydrogen-bond donors (Lipinski definition) is 2. The van der Waals surface area contributed by atoms with Gasteiger partial charge in [-0.05, 0) is 25.0 Å². The maximum absolute atomic E-state index is 11.0. The first kappa shape index (κ1) is 10.2. The van der Waals surface area contributed by atoms with Gasteiger partial charge < -0.3 is 10.3 Å². The molecule has 4 heteroatoms. The van der Waals surface area contributed by atoms with E-state index in [-0.39, 0.29) is 6.04 Å². The van der Waals surface area contributed by atoms with Gasteiger partial charge >= 0.3 is 0 Å². The van der Waals surface area contributed by atoms with Crippen LogP contribution in [0.2, 0.25) is 0 Å². The number of terminal acetylenes is 1. The molecule has 2 N–H and O–H groups in total. The van der Waals surface area contributed by atoms with Crippen LogP contribution in [0.25, 0.3) is 11.0 Å². The van der Waals surface area contributed by atoms with E-state index < -0.39 is 5.91 Å². The molecule has 0 saturated heterocycles. The predicted molar refractivity (Wildman–Crippen MR) is 61.5 cm³/mol. The zero-order valence-electron chi connectivity index (χ0n) is 8.82. The van der Waals surface area contributed by atoms with Gasteiger partial charge in [-0.25, -0.2) is 4.98 Å². The first-order chi connectivity index (χ1) is 7.70. The minimum absolute atomic E-state index is 0.226. The Bertz CT molecular complexity index is 532. The maximum Gasteiger partial charge on any atom is 0.296 e. The fraction of sp³-hybridized carbons (Fsp3) is 0.167. The lowest BCUT2D eigenvalue weighted by atomic mass is 10.3. The number of benzene rings is 1. The Morgan fingerprint density at radius 3 is 3.00 bits per heavy atom. The summed E-state index contributed by atoms with van der Waals surface area (Å²) in [5.41, 5.74) is 1.82. The molecular weight excluding hydrogens is 202 g/mol. The van der Waals surface area contributed by atoms with Gasteiger partial charge in [-0.2, -0.15) is 0 Å². The number of aromatic nitrogens is 2. The highest BCUT2D eigenvalue weighted by Gasteiger charge is 2.11. The molecule has 1 amide bonds. The largest absolute Gasteiger partial charge is 0.340 e. The molecule has 1 aromatic heterocycles. The first-order valence-electron chi connectivity index (χ1n) is 4.92. The van der Waals surface area contributed by atoms with Crippen molar-refractivity contribution in [3.05, 3.63) is 30.1 Å². The van der Waals surface area contributed by atoms with Gasteiger partial charge in [0.15, 0.2) is 0 Å². The van der Waals surface area contributed by atoms with Crippen molar-refractivity contribution in [3.63, 3.8) is 0 Å². The van der Waals surface area contributed by atoms with E-state index in [0.29, 0.717) is 5.82 Å². The van der Waals surface area contributed by atoms with Gasteiger partial charge in [0.2, 0.25) is 0 Å². The van der Waals surface area contributed by atoms with Crippen LogP contribution in [0.5, 0.6) is 0 Å². The van der Waals surface area contributed by atoms with E-state index >= 15 is 0 Å². The van der Waals surface area contributed by atoms with E-state index in [1.54, 1.807) is 0 Å². The van der Waals surface area contributed by atoms with Crippen molar-refractivity contribution >= 4 is 16.9 Å². The average molecular weight is 213 g/mol. The van der Waals surface area contributed by atoms with Crippen LogP contribution in [-0.4, -0.2) is 15.9 Å².